The Balaban J connectivity index is 1.80. The van der Waals surface area contributed by atoms with Crippen LogP contribution in [-0.4, -0.2) is 23.0 Å². The molecular weight excluding hydrogens is 300 g/mol. The maximum Gasteiger partial charge on any atom is 0.263 e. The zero-order chi connectivity index (χ0) is 15.0. The molecule has 1 atom stereocenters. The largest absolute Gasteiger partial charge is 0.397 e. The first kappa shape index (κ1) is 14.7. The Hall–Kier alpha value is -1.20. The van der Waals surface area contributed by atoms with Crippen LogP contribution in [0.1, 0.15) is 35.0 Å². The van der Waals surface area contributed by atoms with Gasteiger partial charge in [-0.1, -0.05) is 11.6 Å². The molecule has 1 aliphatic rings. The Morgan fingerprint density at radius 3 is 3.00 bits per heavy atom. The van der Waals surface area contributed by atoms with Crippen molar-refractivity contribution in [2.75, 3.05) is 18.0 Å². The minimum Gasteiger partial charge on any atom is -0.397 e. The number of amides is 1. The lowest BCUT2D eigenvalue weighted by atomic mass is 10.1. The van der Waals surface area contributed by atoms with Gasteiger partial charge in [-0.15, -0.1) is 11.3 Å². The maximum absolute atomic E-state index is 12.4. The summed E-state index contributed by atoms with van der Waals surface area (Å²) in [6, 6.07) is 6.14. The van der Waals surface area contributed by atoms with Crippen molar-refractivity contribution in [1.29, 1.82) is 0 Å². The van der Waals surface area contributed by atoms with Gasteiger partial charge < -0.3 is 11.1 Å². The van der Waals surface area contributed by atoms with Gasteiger partial charge in [0.05, 0.1) is 5.69 Å². The van der Waals surface area contributed by atoms with E-state index in [1.165, 1.54) is 29.9 Å². The SMILES string of the molecule is Cc1ccc2sc(C(=O)NCC3(C)CCCS3)c(N)c2c1. The van der Waals surface area contributed by atoms with Crippen LogP contribution in [0.5, 0.6) is 0 Å². The van der Waals surface area contributed by atoms with E-state index in [1.807, 2.05) is 30.8 Å². The standard InChI is InChI=1S/C16H20N2OS2/c1-10-4-5-12-11(8-10)13(17)14(21-12)15(19)18-9-16(2)6-3-7-20-16/h4-5,8H,3,6-7,9,17H2,1-2H3,(H,18,19). The molecule has 1 saturated heterocycles. The molecule has 0 saturated carbocycles. The first-order chi connectivity index (χ1) is 9.98. The summed E-state index contributed by atoms with van der Waals surface area (Å²) in [5.41, 5.74) is 7.94. The predicted molar refractivity (Wildman–Crippen MR) is 93.4 cm³/mol. The highest BCUT2D eigenvalue weighted by Gasteiger charge is 2.30. The fourth-order valence-electron chi connectivity index (χ4n) is 2.72. The lowest BCUT2D eigenvalue weighted by molar-refractivity contribution is 0.0955. The minimum absolute atomic E-state index is 0.0416. The van der Waals surface area contributed by atoms with Crippen molar-refractivity contribution in [3.63, 3.8) is 0 Å². The summed E-state index contributed by atoms with van der Waals surface area (Å²) in [7, 11) is 0. The molecule has 0 spiro atoms. The second kappa shape index (κ2) is 5.54. The van der Waals surface area contributed by atoms with Gasteiger partial charge in [0.15, 0.2) is 0 Å². The Labute approximate surface area is 133 Å². The zero-order valence-electron chi connectivity index (χ0n) is 12.4. The number of aryl methyl sites for hydroxylation is 1. The average molecular weight is 320 g/mol. The van der Waals surface area contributed by atoms with E-state index >= 15 is 0 Å². The number of benzene rings is 1. The van der Waals surface area contributed by atoms with Crippen molar-refractivity contribution in [2.24, 2.45) is 0 Å². The Morgan fingerprint density at radius 2 is 2.29 bits per heavy atom. The third-order valence-corrected chi connectivity index (χ3v) is 6.74. The summed E-state index contributed by atoms with van der Waals surface area (Å²) >= 11 is 3.43. The van der Waals surface area contributed by atoms with Crippen molar-refractivity contribution in [1.82, 2.24) is 5.32 Å². The molecule has 5 heteroatoms. The number of hydrogen-bond donors (Lipinski definition) is 2. The molecule has 0 bridgehead atoms. The monoisotopic (exact) mass is 320 g/mol. The van der Waals surface area contributed by atoms with E-state index in [-0.39, 0.29) is 10.7 Å². The minimum atomic E-state index is -0.0416. The summed E-state index contributed by atoms with van der Waals surface area (Å²) in [6.45, 7) is 4.97. The van der Waals surface area contributed by atoms with Crippen LogP contribution in [-0.2, 0) is 0 Å². The number of anilines is 1. The smallest absolute Gasteiger partial charge is 0.263 e. The first-order valence-corrected chi connectivity index (χ1v) is 8.99. The van der Waals surface area contributed by atoms with Crippen LogP contribution in [0.15, 0.2) is 18.2 Å². The summed E-state index contributed by atoms with van der Waals surface area (Å²) in [5, 5.41) is 4.06. The normalized spacial score (nSPS) is 21.8. The lowest BCUT2D eigenvalue weighted by Crippen LogP contribution is -2.36. The van der Waals surface area contributed by atoms with Gasteiger partial charge in [-0.05, 0) is 44.6 Å². The van der Waals surface area contributed by atoms with Crippen molar-refractivity contribution < 1.29 is 4.79 Å². The number of nitrogens with two attached hydrogens (primary N) is 1. The number of hydrogen-bond acceptors (Lipinski definition) is 4. The first-order valence-electron chi connectivity index (χ1n) is 7.19. The summed E-state index contributed by atoms with van der Waals surface area (Å²) in [6.07, 6.45) is 2.40. The van der Waals surface area contributed by atoms with E-state index in [1.54, 1.807) is 0 Å². The second-order valence-electron chi connectivity index (χ2n) is 5.93. The highest BCUT2D eigenvalue weighted by molar-refractivity contribution is 8.00. The van der Waals surface area contributed by atoms with Gasteiger partial charge in [0.25, 0.3) is 5.91 Å². The van der Waals surface area contributed by atoms with Gasteiger partial charge in [-0.3, -0.25) is 4.79 Å². The number of thioether (sulfide) groups is 1. The molecule has 3 rings (SSSR count). The molecule has 2 aromatic rings. The molecule has 3 N–H and O–H groups in total. The molecule has 21 heavy (non-hydrogen) atoms. The average Bonchev–Trinajstić information content (AvgIpc) is 3.02. The molecule has 1 fully saturated rings. The summed E-state index contributed by atoms with van der Waals surface area (Å²) in [4.78, 5) is 13.1. The maximum atomic E-state index is 12.4. The molecular formula is C16H20N2OS2. The molecule has 1 unspecified atom stereocenters. The van der Waals surface area contributed by atoms with Gasteiger partial charge in [0.2, 0.25) is 0 Å². The van der Waals surface area contributed by atoms with Gasteiger partial charge in [0.1, 0.15) is 4.88 Å². The number of nitrogens with one attached hydrogen (secondary N) is 1. The third-order valence-electron chi connectivity index (χ3n) is 4.01. The molecule has 1 aromatic carbocycles. The van der Waals surface area contributed by atoms with Crippen molar-refractivity contribution in [2.45, 2.75) is 31.4 Å². The fraction of sp³-hybridized carbons (Fsp3) is 0.438. The molecule has 1 aromatic heterocycles. The number of rotatable bonds is 3. The summed E-state index contributed by atoms with van der Waals surface area (Å²) < 4.78 is 1.25. The number of thiophene rings is 1. The molecule has 0 aliphatic carbocycles. The quantitative estimate of drug-likeness (QED) is 0.904. The van der Waals surface area contributed by atoms with E-state index in [9.17, 15) is 4.79 Å². The van der Waals surface area contributed by atoms with Gasteiger partial charge in [-0.2, -0.15) is 11.8 Å². The Morgan fingerprint density at radius 1 is 1.48 bits per heavy atom. The van der Waals surface area contributed by atoms with E-state index in [0.29, 0.717) is 17.1 Å². The molecule has 2 heterocycles. The van der Waals surface area contributed by atoms with E-state index < -0.39 is 0 Å². The fourth-order valence-corrected chi connectivity index (χ4v) is 4.99. The topological polar surface area (TPSA) is 55.1 Å². The van der Waals surface area contributed by atoms with Crippen LogP contribution in [0.4, 0.5) is 5.69 Å². The van der Waals surface area contributed by atoms with Crippen LogP contribution < -0.4 is 11.1 Å². The number of nitrogen functional groups attached to an aromatic ring is 1. The van der Waals surface area contributed by atoms with Crippen molar-refractivity contribution >= 4 is 44.8 Å². The number of carbonyl (C=O) groups excluding carboxylic acids is 1. The number of fused-ring (bicyclic) bond motifs is 1. The second-order valence-corrected chi connectivity index (χ2v) is 8.66. The van der Waals surface area contributed by atoms with Gasteiger partial charge in [-0.25, -0.2) is 0 Å². The van der Waals surface area contributed by atoms with E-state index in [4.69, 9.17) is 5.73 Å². The van der Waals surface area contributed by atoms with Gasteiger partial charge in [0, 0.05) is 21.4 Å². The van der Waals surface area contributed by atoms with Gasteiger partial charge >= 0.3 is 0 Å². The van der Waals surface area contributed by atoms with E-state index in [2.05, 4.69) is 18.3 Å². The van der Waals surface area contributed by atoms with Crippen molar-refractivity contribution in [3.05, 3.63) is 28.6 Å². The zero-order valence-corrected chi connectivity index (χ0v) is 14.0. The highest BCUT2D eigenvalue weighted by Crippen LogP contribution is 2.38. The third kappa shape index (κ3) is 2.90. The summed E-state index contributed by atoms with van der Waals surface area (Å²) in [5.74, 6) is 1.15. The van der Waals surface area contributed by atoms with Crippen LogP contribution in [0.25, 0.3) is 10.1 Å². The predicted octanol–water partition coefficient (Wildman–Crippen LogP) is 3.81. The Bertz CT molecular complexity index is 687. The van der Waals surface area contributed by atoms with Crippen LogP contribution in [0.3, 0.4) is 0 Å². The number of carbonyl (C=O) groups is 1. The molecule has 0 radical (unpaired) electrons. The molecule has 1 amide bonds. The lowest BCUT2D eigenvalue weighted by Gasteiger charge is -2.22. The highest BCUT2D eigenvalue weighted by atomic mass is 32.2. The van der Waals surface area contributed by atoms with Crippen LogP contribution >= 0.6 is 23.1 Å². The van der Waals surface area contributed by atoms with Crippen molar-refractivity contribution in [3.8, 4) is 0 Å². The molecule has 3 nitrogen and oxygen atoms in total. The van der Waals surface area contributed by atoms with Crippen LogP contribution in [0.2, 0.25) is 0 Å². The van der Waals surface area contributed by atoms with Crippen LogP contribution in [0, 0.1) is 6.92 Å². The Kier molecular flexibility index (Phi) is 3.88. The molecule has 1 aliphatic heterocycles. The van der Waals surface area contributed by atoms with E-state index in [0.717, 1.165) is 15.6 Å². The molecule has 112 valence electrons.